The summed E-state index contributed by atoms with van der Waals surface area (Å²) in [6.07, 6.45) is 84.2. The summed E-state index contributed by atoms with van der Waals surface area (Å²) in [6.45, 7) is 6.71. The highest BCUT2D eigenvalue weighted by Crippen LogP contribution is 2.19. The third-order valence-electron chi connectivity index (χ3n) is 17.0. The molecule has 0 N–H and O–H groups in total. The smallest absolute Gasteiger partial charge is 0.306 e. The van der Waals surface area contributed by atoms with E-state index in [1.54, 1.807) is 0 Å². The van der Waals surface area contributed by atoms with Crippen LogP contribution in [0.4, 0.5) is 0 Å². The summed E-state index contributed by atoms with van der Waals surface area (Å²) in [4.78, 5) is 38.3. The molecule has 474 valence electrons. The summed E-state index contributed by atoms with van der Waals surface area (Å²) < 4.78 is 17.0. The lowest BCUT2D eigenvalue weighted by Gasteiger charge is -2.18. The molecule has 0 heterocycles. The molecule has 1 unspecified atom stereocenters. The van der Waals surface area contributed by atoms with Crippen LogP contribution in [0.25, 0.3) is 0 Å². The first-order valence-electron chi connectivity index (χ1n) is 36.7. The second-order valence-electron chi connectivity index (χ2n) is 25.2. The fourth-order valence-corrected chi connectivity index (χ4v) is 11.5. The second kappa shape index (κ2) is 69.6. The van der Waals surface area contributed by atoms with Gasteiger partial charge in [0.05, 0.1) is 0 Å². The zero-order valence-corrected chi connectivity index (χ0v) is 54.6. The van der Waals surface area contributed by atoms with Crippen molar-refractivity contribution in [3.05, 3.63) is 12.2 Å². The normalized spacial score (nSPS) is 12.0. The summed E-state index contributed by atoms with van der Waals surface area (Å²) >= 11 is 0. The Balaban J connectivity index is 4.02. The van der Waals surface area contributed by atoms with E-state index in [2.05, 4.69) is 32.9 Å². The molecule has 0 aliphatic carbocycles. The molecule has 6 heteroatoms. The Morgan fingerprint density at radius 3 is 0.625 bits per heavy atom. The lowest BCUT2D eigenvalue weighted by atomic mass is 10.0. The van der Waals surface area contributed by atoms with E-state index < -0.39 is 6.10 Å². The number of carbonyl (C=O) groups is 3. The monoisotopic (exact) mass is 1130 g/mol. The molecular weight excluding hydrogens is 985 g/mol. The van der Waals surface area contributed by atoms with Crippen molar-refractivity contribution >= 4 is 17.9 Å². The Morgan fingerprint density at radius 2 is 0.412 bits per heavy atom. The summed E-state index contributed by atoms with van der Waals surface area (Å²) in [5.74, 6) is -0.836. The quantitative estimate of drug-likeness (QED) is 0.0261. The van der Waals surface area contributed by atoms with Crippen molar-refractivity contribution in [3.8, 4) is 0 Å². The number of allylic oxidation sites excluding steroid dienone is 2. The molecule has 0 saturated heterocycles. The van der Waals surface area contributed by atoms with Crippen molar-refractivity contribution in [1.29, 1.82) is 0 Å². The van der Waals surface area contributed by atoms with Crippen LogP contribution in [0.3, 0.4) is 0 Å². The van der Waals surface area contributed by atoms with E-state index in [9.17, 15) is 14.4 Å². The van der Waals surface area contributed by atoms with Gasteiger partial charge in [-0.2, -0.15) is 0 Å². The summed E-state index contributed by atoms with van der Waals surface area (Å²) in [5.41, 5.74) is 0. The summed E-state index contributed by atoms with van der Waals surface area (Å²) in [6, 6.07) is 0. The standard InChI is InChI=1S/C74H142O6/c1-4-7-10-13-16-19-22-24-26-28-30-31-32-33-34-35-36-37-38-39-40-41-42-43-45-46-48-50-52-55-58-61-64-67-73(76)79-70-71(69-78-72(75)66-63-60-57-54-21-18-15-12-9-6-3)80-74(77)68-65-62-59-56-53-51-49-47-44-29-27-25-23-20-17-14-11-8-5-2/h25,27,71H,4-24,26,28-70H2,1-3H3/b27-25-. The first-order valence-corrected chi connectivity index (χ1v) is 36.7. The molecule has 1 atom stereocenters. The third-order valence-corrected chi connectivity index (χ3v) is 17.0. The molecule has 0 radical (unpaired) electrons. The number of hydrogen-bond acceptors (Lipinski definition) is 6. The number of esters is 3. The average Bonchev–Trinajstić information content (AvgIpc) is 3.46. The zero-order valence-electron chi connectivity index (χ0n) is 54.6. The molecule has 0 spiro atoms. The van der Waals surface area contributed by atoms with Crippen molar-refractivity contribution < 1.29 is 28.6 Å². The Bertz CT molecular complexity index is 1250. The third kappa shape index (κ3) is 66.9. The van der Waals surface area contributed by atoms with Crippen molar-refractivity contribution in [2.75, 3.05) is 13.2 Å². The Hall–Kier alpha value is -1.85. The topological polar surface area (TPSA) is 78.9 Å². The van der Waals surface area contributed by atoms with Gasteiger partial charge in [0.25, 0.3) is 0 Å². The van der Waals surface area contributed by atoms with Gasteiger partial charge >= 0.3 is 17.9 Å². The van der Waals surface area contributed by atoms with Crippen molar-refractivity contribution in [2.45, 2.75) is 431 Å². The molecule has 0 saturated carbocycles. The minimum Gasteiger partial charge on any atom is -0.462 e. The van der Waals surface area contributed by atoms with E-state index >= 15 is 0 Å². The van der Waals surface area contributed by atoms with Gasteiger partial charge in [-0.1, -0.05) is 373 Å². The van der Waals surface area contributed by atoms with Crippen LogP contribution < -0.4 is 0 Å². The van der Waals surface area contributed by atoms with Gasteiger partial charge in [-0.05, 0) is 44.9 Å². The van der Waals surface area contributed by atoms with Crippen molar-refractivity contribution in [1.82, 2.24) is 0 Å². The predicted molar refractivity (Wildman–Crippen MR) is 349 cm³/mol. The molecule has 0 fully saturated rings. The maximum atomic E-state index is 12.9. The van der Waals surface area contributed by atoms with Gasteiger partial charge in [0.15, 0.2) is 6.10 Å². The van der Waals surface area contributed by atoms with Crippen LogP contribution >= 0.6 is 0 Å². The SMILES string of the molecule is CCCCCCCC/C=C\CCCCCCCCCCCC(=O)OC(COC(=O)CCCCCCCCCCCC)COC(=O)CCCCCCCCCCCCCCCCCCCCCCCCCCCCCCCCCCC. The van der Waals surface area contributed by atoms with Crippen LogP contribution in [-0.4, -0.2) is 37.2 Å². The minimum atomic E-state index is -0.767. The first-order chi connectivity index (χ1) is 39.5. The Kier molecular flexibility index (Phi) is 68.0. The number of rotatable bonds is 69. The molecule has 0 aromatic rings. The molecule has 0 bridgehead atoms. The van der Waals surface area contributed by atoms with Gasteiger partial charge in [0.1, 0.15) is 13.2 Å². The molecule has 0 rings (SSSR count). The molecule has 6 nitrogen and oxygen atoms in total. The largest absolute Gasteiger partial charge is 0.462 e. The van der Waals surface area contributed by atoms with E-state index in [-0.39, 0.29) is 31.1 Å². The van der Waals surface area contributed by atoms with Crippen LogP contribution in [0.1, 0.15) is 425 Å². The van der Waals surface area contributed by atoms with Gasteiger partial charge in [-0.25, -0.2) is 0 Å². The molecule has 0 aliphatic heterocycles. The van der Waals surface area contributed by atoms with Gasteiger partial charge < -0.3 is 14.2 Å². The summed E-state index contributed by atoms with van der Waals surface area (Å²) in [5, 5.41) is 0. The molecule has 0 aromatic carbocycles. The van der Waals surface area contributed by atoms with E-state index in [1.165, 1.54) is 327 Å². The highest BCUT2D eigenvalue weighted by molar-refractivity contribution is 5.71. The highest BCUT2D eigenvalue weighted by atomic mass is 16.6. The fourth-order valence-electron chi connectivity index (χ4n) is 11.5. The molecule has 0 aliphatic rings. The molecule has 80 heavy (non-hydrogen) atoms. The Labute approximate surface area is 501 Å². The highest BCUT2D eigenvalue weighted by Gasteiger charge is 2.20. The number of carbonyl (C=O) groups excluding carboxylic acids is 3. The fraction of sp³-hybridized carbons (Fsp3) is 0.932. The molecule has 0 aromatic heterocycles. The lowest BCUT2D eigenvalue weighted by molar-refractivity contribution is -0.167. The van der Waals surface area contributed by atoms with E-state index in [0.717, 1.165) is 57.8 Å². The second-order valence-corrected chi connectivity index (χ2v) is 25.2. The van der Waals surface area contributed by atoms with Crippen LogP contribution in [0, 0.1) is 0 Å². The maximum Gasteiger partial charge on any atom is 0.306 e. The number of hydrogen-bond donors (Lipinski definition) is 0. The van der Waals surface area contributed by atoms with E-state index in [1.807, 2.05) is 0 Å². The van der Waals surface area contributed by atoms with Gasteiger partial charge in [-0.15, -0.1) is 0 Å². The molecular formula is C74H142O6. The van der Waals surface area contributed by atoms with Crippen LogP contribution in [0.5, 0.6) is 0 Å². The first kappa shape index (κ1) is 78.1. The van der Waals surface area contributed by atoms with Crippen LogP contribution in [0.2, 0.25) is 0 Å². The van der Waals surface area contributed by atoms with Crippen LogP contribution in [-0.2, 0) is 28.6 Å². The van der Waals surface area contributed by atoms with E-state index in [0.29, 0.717) is 19.3 Å². The van der Waals surface area contributed by atoms with Gasteiger partial charge in [0, 0.05) is 19.3 Å². The van der Waals surface area contributed by atoms with Gasteiger partial charge in [0.2, 0.25) is 0 Å². The van der Waals surface area contributed by atoms with Crippen molar-refractivity contribution in [3.63, 3.8) is 0 Å². The van der Waals surface area contributed by atoms with E-state index in [4.69, 9.17) is 14.2 Å². The number of ether oxygens (including phenoxy) is 3. The minimum absolute atomic E-state index is 0.0642. The maximum absolute atomic E-state index is 12.9. The average molecular weight is 1130 g/mol. The lowest BCUT2D eigenvalue weighted by Crippen LogP contribution is -2.30. The molecule has 0 amide bonds. The van der Waals surface area contributed by atoms with Crippen molar-refractivity contribution in [2.24, 2.45) is 0 Å². The number of unbranched alkanes of at least 4 members (excludes halogenated alkanes) is 56. The van der Waals surface area contributed by atoms with Gasteiger partial charge in [-0.3, -0.25) is 14.4 Å². The Morgan fingerprint density at radius 1 is 0.237 bits per heavy atom. The summed E-state index contributed by atoms with van der Waals surface area (Å²) in [7, 11) is 0. The van der Waals surface area contributed by atoms with Crippen LogP contribution in [0.15, 0.2) is 12.2 Å². The predicted octanol–water partition coefficient (Wildman–Crippen LogP) is 25.2. The zero-order chi connectivity index (χ0) is 57.8.